The van der Waals surface area contributed by atoms with Gasteiger partial charge in [0.05, 0.1) is 27.4 Å². The lowest BCUT2D eigenvalue weighted by Gasteiger charge is -2.37. The molecule has 1 aromatic carbocycles. The van der Waals surface area contributed by atoms with Crippen LogP contribution in [0.4, 0.5) is 0 Å². The molecular weight excluding hydrogens is 396 g/mol. The number of nitrogens with one attached hydrogen (secondary N) is 2. The maximum Gasteiger partial charge on any atom is 0.248 e. The number of piperidine rings is 1. The van der Waals surface area contributed by atoms with E-state index < -0.39 is 5.54 Å². The predicted octanol–water partition coefficient (Wildman–Crippen LogP) is 2.29. The average Bonchev–Trinajstić information content (AvgIpc) is 3.28. The second kappa shape index (κ2) is 9.84. The molecule has 0 saturated carbocycles. The van der Waals surface area contributed by atoms with E-state index in [1.54, 1.807) is 32.2 Å². The molecule has 1 fully saturated rings. The van der Waals surface area contributed by atoms with E-state index in [2.05, 4.69) is 15.7 Å². The Labute approximate surface area is 177 Å². The summed E-state index contributed by atoms with van der Waals surface area (Å²) in [6.07, 6.45) is 4.93. The second-order valence-electron chi connectivity index (χ2n) is 6.89. The van der Waals surface area contributed by atoms with Gasteiger partial charge in [-0.2, -0.15) is 5.10 Å². The summed E-state index contributed by atoms with van der Waals surface area (Å²) in [5.41, 5.74) is 0.177. The molecule has 9 heteroatoms. The third kappa shape index (κ3) is 4.43. The monoisotopic (exact) mass is 424 g/mol. The maximum atomic E-state index is 13.3. The van der Waals surface area contributed by atoms with Crippen molar-refractivity contribution in [2.45, 2.75) is 31.3 Å². The fraction of sp³-hybridized carbons (Fsp3) is 0.500. The summed E-state index contributed by atoms with van der Waals surface area (Å²) >= 11 is 0. The zero-order valence-electron chi connectivity index (χ0n) is 17.2. The van der Waals surface area contributed by atoms with Gasteiger partial charge in [-0.1, -0.05) is 0 Å². The predicted molar refractivity (Wildman–Crippen MR) is 112 cm³/mol. The molecule has 1 unspecified atom stereocenters. The molecule has 160 valence electrons. The number of halogens is 1. The highest BCUT2D eigenvalue weighted by molar-refractivity contribution is 5.85. The van der Waals surface area contributed by atoms with Crippen molar-refractivity contribution in [3.63, 3.8) is 0 Å². The molecule has 2 aromatic rings. The van der Waals surface area contributed by atoms with Crippen LogP contribution in [0.5, 0.6) is 17.2 Å². The number of carbonyl (C=O) groups excluding carboxylic acids is 1. The van der Waals surface area contributed by atoms with E-state index in [1.165, 1.54) is 0 Å². The fourth-order valence-electron chi connectivity index (χ4n) is 3.69. The Morgan fingerprint density at radius 1 is 1.17 bits per heavy atom. The van der Waals surface area contributed by atoms with Crippen LogP contribution in [0.25, 0.3) is 0 Å². The minimum atomic E-state index is -0.691. The van der Waals surface area contributed by atoms with E-state index in [-0.39, 0.29) is 24.4 Å². The first kappa shape index (κ1) is 22.8. The Bertz CT molecular complexity index is 782. The van der Waals surface area contributed by atoms with Gasteiger partial charge in [0.1, 0.15) is 5.54 Å². The van der Waals surface area contributed by atoms with Gasteiger partial charge in [-0.3, -0.25) is 9.48 Å². The highest BCUT2D eigenvalue weighted by Crippen LogP contribution is 2.40. The summed E-state index contributed by atoms with van der Waals surface area (Å²) in [7, 11) is 4.72. The van der Waals surface area contributed by atoms with Crippen molar-refractivity contribution >= 4 is 18.3 Å². The number of hydrogen-bond donors (Lipinski definition) is 2. The van der Waals surface area contributed by atoms with Crippen LogP contribution in [0.2, 0.25) is 0 Å². The Kier molecular flexibility index (Phi) is 7.75. The minimum Gasteiger partial charge on any atom is -0.493 e. The summed E-state index contributed by atoms with van der Waals surface area (Å²) in [6.45, 7) is 3.48. The molecule has 1 saturated heterocycles. The van der Waals surface area contributed by atoms with Gasteiger partial charge in [0.2, 0.25) is 11.7 Å². The summed E-state index contributed by atoms with van der Waals surface area (Å²) in [4.78, 5) is 13.3. The highest BCUT2D eigenvalue weighted by atomic mass is 35.5. The zero-order chi connectivity index (χ0) is 20.1. The summed E-state index contributed by atoms with van der Waals surface area (Å²) in [6, 6.07) is 5.31. The van der Waals surface area contributed by atoms with Gasteiger partial charge in [0.25, 0.3) is 0 Å². The molecule has 0 aliphatic carbocycles. The lowest BCUT2D eigenvalue weighted by molar-refractivity contribution is -0.132. The van der Waals surface area contributed by atoms with Crippen molar-refractivity contribution in [1.82, 2.24) is 20.4 Å². The lowest BCUT2D eigenvalue weighted by atomic mass is 9.87. The molecule has 1 atom stereocenters. The van der Waals surface area contributed by atoms with Crippen LogP contribution in [0.3, 0.4) is 0 Å². The number of carbonyl (C=O) groups is 1. The fourth-order valence-corrected chi connectivity index (χ4v) is 3.69. The standard InChI is InChI=1S/C20H28N4O4.ClH/c1-14(15-12-16(26-2)18(28-4)17(13-15)27-3)23-19(25)20(6-9-21-10-7-20)24-11-5-8-22-24;/h5,8,11-14,21H,6-7,9-10H2,1-4H3,(H,23,25);1H. The summed E-state index contributed by atoms with van der Waals surface area (Å²) in [5.74, 6) is 1.60. The third-order valence-corrected chi connectivity index (χ3v) is 5.33. The average molecular weight is 425 g/mol. The van der Waals surface area contributed by atoms with Crippen molar-refractivity contribution < 1.29 is 19.0 Å². The van der Waals surface area contributed by atoms with Crippen LogP contribution in [0.15, 0.2) is 30.6 Å². The van der Waals surface area contributed by atoms with Crippen molar-refractivity contribution in [3.05, 3.63) is 36.2 Å². The summed E-state index contributed by atoms with van der Waals surface area (Å²) < 4.78 is 18.0. The first-order valence-electron chi connectivity index (χ1n) is 9.37. The molecule has 1 aliphatic heterocycles. The normalized spacial score (nSPS) is 16.3. The molecule has 0 bridgehead atoms. The molecule has 1 aliphatic rings. The molecule has 1 aromatic heterocycles. The molecule has 1 amide bonds. The van der Waals surface area contributed by atoms with Crippen LogP contribution < -0.4 is 24.8 Å². The van der Waals surface area contributed by atoms with Crippen molar-refractivity contribution in [3.8, 4) is 17.2 Å². The number of methoxy groups -OCH3 is 3. The van der Waals surface area contributed by atoms with Crippen molar-refractivity contribution in [1.29, 1.82) is 0 Å². The van der Waals surface area contributed by atoms with E-state index in [4.69, 9.17) is 14.2 Å². The molecule has 8 nitrogen and oxygen atoms in total. The van der Waals surface area contributed by atoms with E-state index in [9.17, 15) is 4.79 Å². The van der Waals surface area contributed by atoms with Crippen LogP contribution in [-0.4, -0.2) is 50.1 Å². The van der Waals surface area contributed by atoms with Gasteiger partial charge in [-0.05, 0) is 56.6 Å². The highest BCUT2D eigenvalue weighted by Gasteiger charge is 2.42. The molecule has 2 N–H and O–H groups in total. The van der Waals surface area contributed by atoms with Gasteiger partial charge < -0.3 is 24.8 Å². The molecule has 2 heterocycles. The van der Waals surface area contributed by atoms with Crippen LogP contribution >= 0.6 is 12.4 Å². The van der Waals surface area contributed by atoms with E-state index >= 15 is 0 Å². The van der Waals surface area contributed by atoms with E-state index in [1.807, 2.05) is 31.3 Å². The molecule has 0 radical (unpaired) electrons. The first-order chi connectivity index (χ1) is 13.6. The van der Waals surface area contributed by atoms with Gasteiger partial charge in [0, 0.05) is 12.4 Å². The number of rotatable bonds is 7. The zero-order valence-corrected chi connectivity index (χ0v) is 18.0. The smallest absolute Gasteiger partial charge is 0.248 e. The maximum absolute atomic E-state index is 13.3. The number of aromatic nitrogens is 2. The van der Waals surface area contributed by atoms with Crippen molar-refractivity contribution in [2.24, 2.45) is 0 Å². The number of benzene rings is 1. The molecule has 29 heavy (non-hydrogen) atoms. The number of hydrogen-bond acceptors (Lipinski definition) is 6. The topological polar surface area (TPSA) is 86.6 Å². The largest absolute Gasteiger partial charge is 0.493 e. The Hall–Kier alpha value is -2.45. The summed E-state index contributed by atoms with van der Waals surface area (Å²) in [5, 5.41) is 10.8. The number of nitrogens with zero attached hydrogens (tertiary/aromatic N) is 2. The molecule has 3 rings (SSSR count). The first-order valence-corrected chi connectivity index (χ1v) is 9.37. The Morgan fingerprint density at radius 3 is 2.28 bits per heavy atom. The van der Waals surface area contributed by atoms with Gasteiger partial charge >= 0.3 is 0 Å². The van der Waals surface area contributed by atoms with Crippen molar-refractivity contribution in [2.75, 3.05) is 34.4 Å². The van der Waals surface area contributed by atoms with E-state index in [0.717, 1.165) is 18.7 Å². The SMILES string of the molecule is COc1cc(C(C)NC(=O)C2(n3cccn3)CCNCC2)cc(OC)c1OC.Cl. The van der Waals surface area contributed by atoms with Gasteiger partial charge in [0.15, 0.2) is 11.5 Å². The Balaban J connectivity index is 0.00000300. The quantitative estimate of drug-likeness (QED) is 0.709. The number of ether oxygens (including phenoxy) is 3. The van der Waals surface area contributed by atoms with E-state index in [0.29, 0.717) is 30.1 Å². The van der Waals surface area contributed by atoms with Gasteiger partial charge in [-0.15, -0.1) is 12.4 Å². The van der Waals surface area contributed by atoms with Crippen LogP contribution in [0.1, 0.15) is 31.4 Å². The third-order valence-electron chi connectivity index (χ3n) is 5.33. The van der Waals surface area contributed by atoms with Crippen LogP contribution in [0, 0.1) is 0 Å². The van der Waals surface area contributed by atoms with Crippen LogP contribution in [-0.2, 0) is 10.3 Å². The van der Waals surface area contributed by atoms with Gasteiger partial charge in [-0.25, -0.2) is 0 Å². The minimum absolute atomic E-state index is 0. The molecular formula is C20H29ClN4O4. The number of amides is 1. The lowest BCUT2D eigenvalue weighted by Crippen LogP contribution is -2.55. The Morgan fingerprint density at radius 2 is 1.79 bits per heavy atom. The molecule has 0 spiro atoms. The second-order valence-corrected chi connectivity index (χ2v) is 6.89.